The van der Waals surface area contributed by atoms with Gasteiger partial charge in [-0.25, -0.2) is 9.97 Å². The molecule has 0 saturated heterocycles. The summed E-state index contributed by atoms with van der Waals surface area (Å²) in [5.41, 5.74) is 0.735. The first kappa shape index (κ1) is 11.2. The van der Waals surface area contributed by atoms with Crippen molar-refractivity contribution >= 4 is 44.1 Å². The predicted octanol–water partition coefficient (Wildman–Crippen LogP) is 3.26. The van der Waals surface area contributed by atoms with Gasteiger partial charge in [0.1, 0.15) is 11.5 Å². The van der Waals surface area contributed by atoms with E-state index in [9.17, 15) is 10.1 Å². The van der Waals surface area contributed by atoms with Crippen molar-refractivity contribution < 1.29 is 4.92 Å². The van der Waals surface area contributed by atoms with E-state index in [1.807, 2.05) is 0 Å². The van der Waals surface area contributed by atoms with Crippen molar-refractivity contribution in [3.8, 4) is 0 Å². The van der Waals surface area contributed by atoms with Crippen molar-refractivity contribution in [3.05, 3.63) is 37.7 Å². The molecule has 0 unspecified atom stereocenters. The molecule has 2 rings (SSSR count). The fraction of sp³-hybridized carbons (Fsp3) is 0.111. The van der Waals surface area contributed by atoms with Gasteiger partial charge in [0.25, 0.3) is 5.69 Å². The smallest absolute Gasteiger partial charge is 0.258 e. The molecule has 0 aliphatic rings. The first-order valence-electron chi connectivity index (χ1n) is 4.26. The van der Waals surface area contributed by atoms with E-state index in [0.717, 1.165) is 0 Å². The lowest BCUT2D eigenvalue weighted by Crippen LogP contribution is -1.96. The summed E-state index contributed by atoms with van der Waals surface area (Å²) in [6.07, 6.45) is 1.21. The number of rotatable bonds is 1. The summed E-state index contributed by atoms with van der Waals surface area (Å²) in [5.74, 6) is 0. The summed E-state index contributed by atoms with van der Waals surface area (Å²) < 4.78 is 0.649. The molecule has 16 heavy (non-hydrogen) atoms. The Kier molecular flexibility index (Phi) is 2.77. The van der Waals surface area contributed by atoms with Crippen LogP contribution in [0.2, 0.25) is 5.15 Å². The number of benzene rings is 1. The molecule has 0 amide bonds. The van der Waals surface area contributed by atoms with Gasteiger partial charge in [-0.15, -0.1) is 0 Å². The number of nitro groups is 1. The van der Waals surface area contributed by atoms with Gasteiger partial charge >= 0.3 is 0 Å². The monoisotopic (exact) mass is 301 g/mol. The zero-order chi connectivity index (χ0) is 11.9. The summed E-state index contributed by atoms with van der Waals surface area (Å²) in [5, 5.41) is 11.6. The average Bonchev–Trinajstić information content (AvgIpc) is 2.15. The molecule has 0 aliphatic carbocycles. The molecule has 1 aromatic carbocycles. The molecule has 5 nitrogen and oxygen atoms in total. The number of hydrogen-bond acceptors (Lipinski definition) is 4. The van der Waals surface area contributed by atoms with Gasteiger partial charge in [0, 0.05) is 10.0 Å². The van der Waals surface area contributed by atoms with Crippen molar-refractivity contribution in [1.82, 2.24) is 9.97 Å². The van der Waals surface area contributed by atoms with Gasteiger partial charge in [-0.2, -0.15) is 0 Å². The molecule has 0 aliphatic heterocycles. The zero-order valence-corrected chi connectivity index (χ0v) is 10.4. The lowest BCUT2D eigenvalue weighted by atomic mass is 10.1. The van der Waals surface area contributed by atoms with Crippen LogP contribution in [-0.2, 0) is 0 Å². The third kappa shape index (κ3) is 1.64. The van der Waals surface area contributed by atoms with Gasteiger partial charge in [0.15, 0.2) is 5.52 Å². The van der Waals surface area contributed by atoms with Crippen molar-refractivity contribution in [2.45, 2.75) is 6.92 Å². The molecule has 7 heteroatoms. The molecule has 0 fully saturated rings. The maximum atomic E-state index is 10.9. The van der Waals surface area contributed by atoms with Crippen LogP contribution in [0.1, 0.15) is 5.56 Å². The van der Waals surface area contributed by atoms with Crippen LogP contribution in [0.25, 0.3) is 10.9 Å². The van der Waals surface area contributed by atoms with Gasteiger partial charge < -0.3 is 0 Å². The van der Waals surface area contributed by atoms with E-state index < -0.39 is 4.92 Å². The van der Waals surface area contributed by atoms with E-state index in [4.69, 9.17) is 11.6 Å². The van der Waals surface area contributed by atoms with Crippen molar-refractivity contribution in [1.29, 1.82) is 0 Å². The fourth-order valence-electron chi connectivity index (χ4n) is 1.50. The summed E-state index contributed by atoms with van der Waals surface area (Å²) in [4.78, 5) is 18.2. The van der Waals surface area contributed by atoms with Gasteiger partial charge in [0.2, 0.25) is 0 Å². The summed E-state index contributed by atoms with van der Waals surface area (Å²) in [6, 6.07) is 1.63. The van der Waals surface area contributed by atoms with Crippen LogP contribution in [0.15, 0.2) is 16.9 Å². The Morgan fingerprint density at radius 3 is 2.81 bits per heavy atom. The average molecular weight is 303 g/mol. The molecular weight excluding hydrogens is 297 g/mol. The fourth-order valence-corrected chi connectivity index (χ4v) is 2.57. The van der Waals surface area contributed by atoms with Crippen LogP contribution in [0.4, 0.5) is 5.69 Å². The minimum absolute atomic E-state index is 0.0394. The second-order valence-electron chi connectivity index (χ2n) is 3.17. The molecule has 0 N–H and O–H groups in total. The maximum absolute atomic E-state index is 10.9. The van der Waals surface area contributed by atoms with E-state index in [0.29, 0.717) is 15.4 Å². The second kappa shape index (κ2) is 3.95. The third-order valence-corrected chi connectivity index (χ3v) is 3.08. The Balaban J connectivity index is 3.02. The highest BCUT2D eigenvalue weighted by Gasteiger charge is 2.21. The molecule has 0 saturated carbocycles. The standard InChI is InChI=1S/C9H5BrClN3O2/c1-4-2-5(10)6-7(8(4)14(15)16)12-3-13-9(6)11/h2-3H,1H3. The number of nitro benzene ring substituents is 1. The molecule has 1 aromatic heterocycles. The van der Waals surface area contributed by atoms with Crippen LogP contribution in [-0.4, -0.2) is 14.9 Å². The highest BCUT2D eigenvalue weighted by atomic mass is 79.9. The summed E-state index contributed by atoms with van der Waals surface area (Å²) >= 11 is 9.18. The molecule has 0 spiro atoms. The molecular formula is C9H5BrClN3O2. The number of nitrogens with zero attached hydrogens (tertiary/aromatic N) is 3. The van der Waals surface area contributed by atoms with E-state index in [-0.39, 0.29) is 16.4 Å². The van der Waals surface area contributed by atoms with Gasteiger partial charge in [-0.3, -0.25) is 10.1 Å². The Morgan fingerprint density at radius 2 is 2.19 bits per heavy atom. The molecule has 0 bridgehead atoms. The maximum Gasteiger partial charge on any atom is 0.298 e. The lowest BCUT2D eigenvalue weighted by Gasteiger charge is -2.04. The second-order valence-corrected chi connectivity index (χ2v) is 4.38. The predicted molar refractivity (Wildman–Crippen MR) is 63.6 cm³/mol. The van der Waals surface area contributed by atoms with Crippen LogP contribution in [0.5, 0.6) is 0 Å². The Morgan fingerprint density at radius 1 is 1.50 bits per heavy atom. The van der Waals surface area contributed by atoms with Crippen LogP contribution in [0.3, 0.4) is 0 Å². The van der Waals surface area contributed by atoms with Crippen LogP contribution < -0.4 is 0 Å². The lowest BCUT2D eigenvalue weighted by molar-refractivity contribution is -0.383. The highest BCUT2D eigenvalue weighted by molar-refractivity contribution is 9.10. The van der Waals surface area contributed by atoms with E-state index in [1.54, 1.807) is 13.0 Å². The quantitative estimate of drug-likeness (QED) is 0.460. The SMILES string of the molecule is Cc1cc(Br)c2c(Cl)ncnc2c1[N+](=O)[O-]. The molecule has 2 aromatic rings. The normalized spacial score (nSPS) is 10.7. The van der Waals surface area contributed by atoms with E-state index in [2.05, 4.69) is 25.9 Å². The Labute approximate surface area is 104 Å². The number of hydrogen-bond donors (Lipinski definition) is 0. The first-order chi connectivity index (χ1) is 7.52. The van der Waals surface area contributed by atoms with Crippen molar-refractivity contribution in [2.24, 2.45) is 0 Å². The summed E-state index contributed by atoms with van der Waals surface area (Å²) in [7, 11) is 0. The van der Waals surface area contributed by atoms with E-state index in [1.165, 1.54) is 6.33 Å². The highest BCUT2D eigenvalue weighted by Crippen LogP contribution is 2.35. The number of halogens is 2. The van der Waals surface area contributed by atoms with Crippen LogP contribution in [0, 0.1) is 17.0 Å². The molecule has 0 atom stereocenters. The van der Waals surface area contributed by atoms with Crippen molar-refractivity contribution in [3.63, 3.8) is 0 Å². The molecule has 0 radical (unpaired) electrons. The number of aromatic nitrogens is 2. The van der Waals surface area contributed by atoms with Crippen molar-refractivity contribution in [2.75, 3.05) is 0 Å². The van der Waals surface area contributed by atoms with E-state index >= 15 is 0 Å². The van der Waals surface area contributed by atoms with Gasteiger partial charge in [-0.1, -0.05) is 11.6 Å². The third-order valence-electron chi connectivity index (χ3n) is 2.16. The Hall–Kier alpha value is -1.27. The largest absolute Gasteiger partial charge is 0.298 e. The van der Waals surface area contributed by atoms with Gasteiger partial charge in [0.05, 0.1) is 10.3 Å². The zero-order valence-electron chi connectivity index (χ0n) is 8.07. The topological polar surface area (TPSA) is 68.9 Å². The first-order valence-corrected chi connectivity index (χ1v) is 5.43. The molecule has 1 heterocycles. The minimum Gasteiger partial charge on any atom is -0.258 e. The summed E-state index contributed by atoms with van der Waals surface area (Å²) in [6.45, 7) is 1.65. The van der Waals surface area contributed by atoms with Gasteiger partial charge in [-0.05, 0) is 28.9 Å². The Bertz CT molecular complexity index is 603. The minimum atomic E-state index is -0.465. The molecule has 82 valence electrons. The number of fused-ring (bicyclic) bond motifs is 1. The van der Waals surface area contributed by atoms with Crippen LogP contribution >= 0.6 is 27.5 Å². The number of aryl methyl sites for hydroxylation is 1.